The van der Waals surface area contributed by atoms with E-state index in [1.54, 1.807) is 0 Å². The number of hydrogen-bond acceptors (Lipinski definition) is 1. The maximum Gasteiger partial charge on any atom is 0.0363 e. The molecule has 2 atom stereocenters. The number of hydrogen-bond donors (Lipinski definition) is 1. The van der Waals surface area contributed by atoms with Gasteiger partial charge in [-0.15, -0.1) is 0 Å². The summed E-state index contributed by atoms with van der Waals surface area (Å²) in [5, 5.41) is 0. The summed E-state index contributed by atoms with van der Waals surface area (Å²) in [6.07, 6.45) is 5.72. The van der Waals surface area contributed by atoms with Crippen LogP contribution in [0.2, 0.25) is 0 Å². The van der Waals surface area contributed by atoms with Crippen LogP contribution in [0.25, 0.3) is 0 Å². The number of H-pyrrole nitrogens is 1. The number of likely N-dealkylation sites (N-methyl/N-ethyl adjacent to an activating group) is 1. The van der Waals surface area contributed by atoms with E-state index >= 15 is 0 Å². The molecule has 0 radical (unpaired) electrons. The van der Waals surface area contributed by atoms with Crippen molar-refractivity contribution >= 4 is 0 Å². The third kappa shape index (κ3) is 1.38. The van der Waals surface area contributed by atoms with Crippen LogP contribution in [-0.4, -0.2) is 23.0 Å². The predicted molar refractivity (Wildman–Crippen MR) is 59.4 cm³/mol. The molecule has 1 aromatic rings. The highest BCUT2D eigenvalue weighted by Gasteiger charge is 2.29. The molecular formula is C12H20N2. The number of aromatic nitrogens is 1. The van der Waals surface area contributed by atoms with Crippen molar-refractivity contribution in [2.75, 3.05) is 7.05 Å². The summed E-state index contributed by atoms with van der Waals surface area (Å²) < 4.78 is 0. The SMILES string of the molecule is CCC1Cc2[nH]ccc2C(CC)N1C. The first-order valence-electron chi connectivity index (χ1n) is 5.66. The molecule has 14 heavy (non-hydrogen) atoms. The Bertz CT molecular complexity index is 303. The lowest BCUT2D eigenvalue weighted by molar-refractivity contribution is 0.146. The molecule has 0 amide bonds. The van der Waals surface area contributed by atoms with Gasteiger partial charge in [-0.05, 0) is 31.5 Å². The molecule has 0 spiro atoms. The molecule has 0 aliphatic carbocycles. The van der Waals surface area contributed by atoms with Gasteiger partial charge in [0.25, 0.3) is 0 Å². The standard InChI is InChI=1S/C12H20N2/c1-4-9-8-11-10(6-7-13-11)12(5-2)14(9)3/h6-7,9,12-13H,4-5,8H2,1-3H3. The summed E-state index contributed by atoms with van der Waals surface area (Å²) in [6, 6.07) is 3.58. The van der Waals surface area contributed by atoms with Crippen molar-refractivity contribution in [3.8, 4) is 0 Å². The Morgan fingerprint density at radius 1 is 1.43 bits per heavy atom. The molecule has 1 aliphatic rings. The fourth-order valence-corrected chi connectivity index (χ4v) is 2.70. The molecule has 0 aromatic carbocycles. The van der Waals surface area contributed by atoms with Gasteiger partial charge in [-0.25, -0.2) is 0 Å². The smallest absolute Gasteiger partial charge is 0.0363 e. The minimum Gasteiger partial charge on any atom is -0.365 e. The predicted octanol–water partition coefficient (Wildman–Crippen LogP) is 2.73. The van der Waals surface area contributed by atoms with Gasteiger partial charge in [0.15, 0.2) is 0 Å². The molecule has 2 rings (SSSR count). The molecule has 2 heteroatoms. The second-order valence-corrected chi connectivity index (χ2v) is 4.27. The van der Waals surface area contributed by atoms with E-state index in [0.29, 0.717) is 12.1 Å². The van der Waals surface area contributed by atoms with Crippen LogP contribution in [0.4, 0.5) is 0 Å². The Balaban J connectivity index is 2.33. The average molecular weight is 192 g/mol. The van der Waals surface area contributed by atoms with E-state index in [4.69, 9.17) is 0 Å². The van der Waals surface area contributed by atoms with E-state index in [1.165, 1.54) is 30.5 Å². The van der Waals surface area contributed by atoms with Crippen LogP contribution in [-0.2, 0) is 6.42 Å². The van der Waals surface area contributed by atoms with Crippen molar-refractivity contribution in [3.63, 3.8) is 0 Å². The molecule has 0 saturated carbocycles. The molecule has 1 aromatic heterocycles. The van der Waals surface area contributed by atoms with Gasteiger partial charge in [0.2, 0.25) is 0 Å². The monoisotopic (exact) mass is 192 g/mol. The number of nitrogens with one attached hydrogen (secondary N) is 1. The van der Waals surface area contributed by atoms with Gasteiger partial charge in [0.05, 0.1) is 0 Å². The van der Waals surface area contributed by atoms with Gasteiger partial charge in [-0.3, -0.25) is 4.90 Å². The zero-order chi connectivity index (χ0) is 10.1. The average Bonchev–Trinajstić information content (AvgIpc) is 2.64. The van der Waals surface area contributed by atoms with Crippen LogP contribution in [0.5, 0.6) is 0 Å². The molecule has 78 valence electrons. The molecular weight excluding hydrogens is 172 g/mol. The van der Waals surface area contributed by atoms with E-state index in [9.17, 15) is 0 Å². The number of rotatable bonds is 2. The molecule has 2 nitrogen and oxygen atoms in total. The first kappa shape index (κ1) is 9.78. The summed E-state index contributed by atoms with van der Waals surface area (Å²) in [5.74, 6) is 0. The minimum atomic E-state index is 0.620. The third-order valence-electron chi connectivity index (χ3n) is 3.59. The van der Waals surface area contributed by atoms with Crippen molar-refractivity contribution < 1.29 is 0 Å². The van der Waals surface area contributed by atoms with E-state index < -0.39 is 0 Å². The van der Waals surface area contributed by atoms with Gasteiger partial charge in [-0.1, -0.05) is 13.8 Å². The van der Waals surface area contributed by atoms with Crippen LogP contribution >= 0.6 is 0 Å². The zero-order valence-electron chi connectivity index (χ0n) is 9.38. The summed E-state index contributed by atoms with van der Waals surface area (Å²) >= 11 is 0. The zero-order valence-corrected chi connectivity index (χ0v) is 9.38. The Labute approximate surface area is 86.3 Å². The van der Waals surface area contributed by atoms with Gasteiger partial charge in [0, 0.05) is 30.4 Å². The molecule has 1 N–H and O–H groups in total. The fourth-order valence-electron chi connectivity index (χ4n) is 2.70. The van der Waals surface area contributed by atoms with Crippen LogP contribution in [0, 0.1) is 0 Å². The normalized spacial score (nSPS) is 27.6. The van der Waals surface area contributed by atoms with Gasteiger partial charge >= 0.3 is 0 Å². The van der Waals surface area contributed by atoms with Gasteiger partial charge < -0.3 is 4.98 Å². The molecule has 2 unspecified atom stereocenters. The van der Waals surface area contributed by atoms with Crippen LogP contribution in [0.1, 0.15) is 44.0 Å². The molecule has 0 saturated heterocycles. The third-order valence-corrected chi connectivity index (χ3v) is 3.59. The lowest BCUT2D eigenvalue weighted by Gasteiger charge is -2.38. The second-order valence-electron chi connectivity index (χ2n) is 4.27. The second kappa shape index (κ2) is 3.77. The lowest BCUT2D eigenvalue weighted by Crippen LogP contribution is -2.40. The highest BCUT2D eigenvalue weighted by molar-refractivity contribution is 5.28. The van der Waals surface area contributed by atoms with E-state index in [0.717, 1.165) is 0 Å². The van der Waals surface area contributed by atoms with E-state index in [2.05, 4.69) is 43.0 Å². The molecule has 0 fully saturated rings. The van der Waals surface area contributed by atoms with Crippen molar-refractivity contribution in [1.29, 1.82) is 0 Å². The van der Waals surface area contributed by atoms with E-state index in [-0.39, 0.29) is 0 Å². The lowest BCUT2D eigenvalue weighted by atomic mass is 9.91. The van der Waals surface area contributed by atoms with Crippen molar-refractivity contribution in [2.24, 2.45) is 0 Å². The molecule has 1 aliphatic heterocycles. The number of fused-ring (bicyclic) bond motifs is 1. The number of nitrogens with zero attached hydrogens (tertiary/aromatic N) is 1. The summed E-state index contributed by atoms with van der Waals surface area (Å²) in [6.45, 7) is 4.55. The van der Waals surface area contributed by atoms with Crippen molar-refractivity contribution in [1.82, 2.24) is 9.88 Å². The number of aromatic amines is 1. The summed E-state index contributed by atoms with van der Waals surface area (Å²) in [4.78, 5) is 5.92. The van der Waals surface area contributed by atoms with Crippen molar-refractivity contribution in [3.05, 3.63) is 23.5 Å². The minimum absolute atomic E-state index is 0.620. The first-order chi connectivity index (χ1) is 6.77. The van der Waals surface area contributed by atoms with Crippen LogP contribution in [0.3, 0.4) is 0 Å². The van der Waals surface area contributed by atoms with E-state index in [1.807, 2.05) is 0 Å². The highest BCUT2D eigenvalue weighted by Crippen LogP contribution is 2.34. The maximum atomic E-state index is 3.38. The highest BCUT2D eigenvalue weighted by atomic mass is 15.2. The van der Waals surface area contributed by atoms with Gasteiger partial charge in [0.1, 0.15) is 0 Å². The summed E-state index contributed by atoms with van der Waals surface area (Å²) in [7, 11) is 2.26. The quantitative estimate of drug-likeness (QED) is 0.763. The van der Waals surface area contributed by atoms with Crippen LogP contribution in [0.15, 0.2) is 12.3 Å². The Kier molecular flexibility index (Phi) is 2.64. The maximum absolute atomic E-state index is 3.38. The largest absolute Gasteiger partial charge is 0.365 e. The van der Waals surface area contributed by atoms with Crippen molar-refractivity contribution in [2.45, 2.75) is 45.2 Å². The summed E-state index contributed by atoms with van der Waals surface area (Å²) in [5.41, 5.74) is 2.97. The Morgan fingerprint density at radius 2 is 2.21 bits per heavy atom. The molecule has 2 heterocycles. The topological polar surface area (TPSA) is 19.0 Å². The first-order valence-corrected chi connectivity index (χ1v) is 5.66. The Morgan fingerprint density at radius 3 is 2.86 bits per heavy atom. The van der Waals surface area contributed by atoms with Crippen LogP contribution < -0.4 is 0 Å². The Hall–Kier alpha value is -0.760. The molecule has 0 bridgehead atoms. The fraction of sp³-hybridized carbons (Fsp3) is 0.667. The van der Waals surface area contributed by atoms with Gasteiger partial charge in [-0.2, -0.15) is 0 Å².